The van der Waals surface area contributed by atoms with E-state index in [1.54, 1.807) is 25.3 Å². The van der Waals surface area contributed by atoms with Crippen LogP contribution < -0.4 is 20.2 Å². The third-order valence-electron chi connectivity index (χ3n) is 6.24. The maximum Gasteiger partial charge on any atom is 0.262 e. The number of halogens is 2. The predicted molar refractivity (Wildman–Crippen MR) is 164 cm³/mol. The number of carbonyl (C=O) groups is 2. The van der Waals surface area contributed by atoms with Crippen molar-refractivity contribution in [2.75, 3.05) is 6.61 Å². The molecule has 2 atom stereocenters. The second-order valence-electron chi connectivity index (χ2n) is 9.37. The number of hydrogen-bond donors (Lipinski definition) is 2. The van der Waals surface area contributed by atoms with Gasteiger partial charge in [0, 0.05) is 17.0 Å². The summed E-state index contributed by atoms with van der Waals surface area (Å²) in [5.74, 6) is 0.0138. The zero-order valence-corrected chi connectivity index (χ0v) is 24.3. The molecule has 0 saturated heterocycles. The van der Waals surface area contributed by atoms with E-state index in [4.69, 9.17) is 32.7 Å². The minimum Gasteiger partial charge on any atom is -0.493 e. The summed E-state index contributed by atoms with van der Waals surface area (Å²) < 4.78 is 11.7. The summed E-state index contributed by atoms with van der Waals surface area (Å²) in [5, 5.41) is 9.73. The fourth-order valence-corrected chi connectivity index (χ4v) is 4.60. The maximum atomic E-state index is 13.3. The van der Waals surface area contributed by atoms with Gasteiger partial charge in [-0.05, 0) is 53.9 Å². The number of amides is 2. The van der Waals surface area contributed by atoms with Crippen molar-refractivity contribution in [2.45, 2.75) is 38.8 Å². The molecule has 2 amide bonds. The highest BCUT2D eigenvalue weighted by Gasteiger charge is 2.25. The Kier molecular flexibility index (Phi) is 10.6. The van der Waals surface area contributed by atoms with Crippen LogP contribution in [-0.2, 0) is 16.0 Å². The molecule has 0 aliphatic carbocycles. The quantitative estimate of drug-likeness (QED) is 0.144. The lowest BCUT2D eigenvalue weighted by Gasteiger charge is -2.21. The fraction of sp³-hybridized carbons (Fsp3) is 0.219. The Bertz CT molecular complexity index is 1530. The third-order valence-corrected chi connectivity index (χ3v) is 6.77. The third kappa shape index (κ3) is 8.22. The summed E-state index contributed by atoms with van der Waals surface area (Å²) in [6.07, 6.45) is 1.74. The van der Waals surface area contributed by atoms with E-state index in [0.717, 1.165) is 28.3 Å². The molecule has 7 nitrogen and oxygen atoms in total. The van der Waals surface area contributed by atoms with Crippen molar-refractivity contribution in [2.24, 2.45) is 5.10 Å². The van der Waals surface area contributed by atoms with Gasteiger partial charge in [0.2, 0.25) is 0 Å². The monoisotopic (exact) mass is 591 g/mol. The minimum absolute atomic E-state index is 0.251. The highest BCUT2D eigenvalue weighted by Crippen LogP contribution is 2.29. The lowest BCUT2D eigenvalue weighted by Crippen LogP contribution is -2.50. The Labute approximate surface area is 249 Å². The van der Waals surface area contributed by atoms with Gasteiger partial charge in [0.05, 0.1) is 17.8 Å². The number of hydrazone groups is 1. The van der Waals surface area contributed by atoms with Crippen molar-refractivity contribution < 1.29 is 19.1 Å². The largest absolute Gasteiger partial charge is 0.493 e. The number of nitrogens with zero attached hydrogens (tertiary/aromatic N) is 1. The molecule has 4 rings (SSSR count). The van der Waals surface area contributed by atoms with E-state index in [2.05, 4.69) is 15.8 Å². The summed E-state index contributed by atoms with van der Waals surface area (Å²) >= 11 is 12.1. The van der Waals surface area contributed by atoms with E-state index < -0.39 is 24.0 Å². The standard InChI is InChI=1S/C32H31Cl2N3O4/c1-3-17-40-29-15-13-23-11-7-8-12-25(23)26(29)20-35-37-32(39)28(18-22-9-5-4-6-10-22)36-31(38)21(2)41-30-16-14-24(33)19-27(30)34/h4-16,19-21,28H,3,17-18H2,1-2H3,(H,36,38)(H,37,39)/b35-20-/t21-,28-/m0/s1. The Morgan fingerprint density at radius 1 is 0.927 bits per heavy atom. The van der Waals surface area contributed by atoms with Crippen molar-refractivity contribution in [1.82, 2.24) is 10.7 Å². The van der Waals surface area contributed by atoms with E-state index in [1.807, 2.05) is 73.7 Å². The summed E-state index contributed by atoms with van der Waals surface area (Å²) in [7, 11) is 0. The number of nitrogens with one attached hydrogen (secondary N) is 2. The smallest absolute Gasteiger partial charge is 0.262 e. The molecule has 41 heavy (non-hydrogen) atoms. The summed E-state index contributed by atoms with van der Waals surface area (Å²) in [5.41, 5.74) is 4.22. The van der Waals surface area contributed by atoms with Gasteiger partial charge in [-0.25, -0.2) is 5.43 Å². The molecule has 0 saturated carbocycles. The van der Waals surface area contributed by atoms with Crippen LogP contribution in [-0.4, -0.2) is 36.8 Å². The average Bonchev–Trinajstić information content (AvgIpc) is 2.98. The number of benzene rings is 4. The van der Waals surface area contributed by atoms with Gasteiger partial charge >= 0.3 is 0 Å². The van der Waals surface area contributed by atoms with Crippen molar-refractivity contribution in [3.8, 4) is 11.5 Å². The lowest BCUT2D eigenvalue weighted by atomic mass is 10.0. The number of ether oxygens (including phenoxy) is 2. The molecule has 0 aromatic heterocycles. The minimum atomic E-state index is -0.933. The van der Waals surface area contributed by atoms with Crippen molar-refractivity contribution in [1.29, 1.82) is 0 Å². The molecule has 0 aliphatic heterocycles. The molecule has 0 fully saturated rings. The first-order valence-corrected chi connectivity index (χ1v) is 14.0. The molecule has 4 aromatic rings. The van der Waals surface area contributed by atoms with E-state index in [9.17, 15) is 9.59 Å². The zero-order valence-electron chi connectivity index (χ0n) is 22.8. The first-order chi connectivity index (χ1) is 19.9. The van der Waals surface area contributed by atoms with Crippen LogP contribution in [0.5, 0.6) is 11.5 Å². The molecule has 9 heteroatoms. The van der Waals surface area contributed by atoms with Crippen LogP contribution in [0.3, 0.4) is 0 Å². The van der Waals surface area contributed by atoms with E-state index in [-0.39, 0.29) is 11.4 Å². The lowest BCUT2D eigenvalue weighted by molar-refractivity contribution is -0.132. The Morgan fingerprint density at radius 2 is 1.66 bits per heavy atom. The van der Waals surface area contributed by atoms with Crippen LogP contribution in [0.15, 0.2) is 90.0 Å². The first-order valence-electron chi connectivity index (χ1n) is 13.3. The normalized spacial score (nSPS) is 12.6. The Morgan fingerprint density at radius 3 is 2.41 bits per heavy atom. The predicted octanol–water partition coefficient (Wildman–Crippen LogP) is 6.58. The van der Waals surface area contributed by atoms with E-state index in [0.29, 0.717) is 23.1 Å². The Hall–Kier alpha value is -4.07. The molecular formula is C32H31Cl2N3O4. The molecule has 2 N–H and O–H groups in total. The van der Waals surface area contributed by atoms with Crippen LogP contribution in [0.2, 0.25) is 10.0 Å². The van der Waals surface area contributed by atoms with Crippen LogP contribution in [0.25, 0.3) is 10.8 Å². The number of fused-ring (bicyclic) bond motifs is 1. The molecule has 0 bridgehead atoms. The second kappa shape index (κ2) is 14.5. The van der Waals surface area contributed by atoms with Crippen LogP contribution in [0.4, 0.5) is 0 Å². The van der Waals surface area contributed by atoms with Gasteiger partial charge in [-0.1, -0.05) is 90.8 Å². The van der Waals surface area contributed by atoms with E-state index in [1.165, 1.54) is 6.07 Å². The first kappa shape index (κ1) is 29.9. The SMILES string of the molecule is CCCOc1ccc2ccccc2c1/C=N\NC(=O)[C@H](Cc1ccccc1)NC(=O)[C@H](C)Oc1ccc(Cl)cc1Cl. The average molecular weight is 593 g/mol. The fourth-order valence-electron chi connectivity index (χ4n) is 4.15. The van der Waals surface area contributed by atoms with Gasteiger partial charge in [-0.15, -0.1) is 0 Å². The molecular weight excluding hydrogens is 561 g/mol. The molecule has 0 unspecified atom stereocenters. The second-order valence-corrected chi connectivity index (χ2v) is 10.2. The van der Waals surface area contributed by atoms with Crippen LogP contribution in [0.1, 0.15) is 31.4 Å². The van der Waals surface area contributed by atoms with Crippen LogP contribution >= 0.6 is 23.2 Å². The van der Waals surface area contributed by atoms with Gasteiger partial charge in [0.15, 0.2) is 6.10 Å². The van der Waals surface area contributed by atoms with Crippen molar-refractivity contribution >= 4 is 52.0 Å². The van der Waals surface area contributed by atoms with E-state index >= 15 is 0 Å². The van der Waals surface area contributed by atoms with Gasteiger partial charge in [0.1, 0.15) is 17.5 Å². The van der Waals surface area contributed by atoms with Crippen LogP contribution in [0, 0.1) is 0 Å². The molecule has 0 aliphatic rings. The zero-order chi connectivity index (χ0) is 29.2. The van der Waals surface area contributed by atoms with Gasteiger partial charge in [0.25, 0.3) is 11.8 Å². The molecule has 4 aromatic carbocycles. The number of carbonyl (C=O) groups excluding carboxylic acids is 2. The Balaban J connectivity index is 1.51. The van der Waals surface area contributed by atoms with Gasteiger partial charge in [-0.2, -0.15) is 5.10 Å². The molecule has 0 spiro atoms. The molecule has 212 valence electrons. The highest BCUT2D eigenvalue weighted by atomic mass is 35.5. The van der Waals surface area contributed by atoms with Crippen molar-refractivity contribution in [3.63, 3.8) is 0 Å². The number of rotatable bonds is 12. The highest BCUT2D eigenvalue weighted by molar-refractivity contribution is 6.35. The van der Waals surface area contributed by atoms with Gasteiger partial charge < -0.3 is 14.8 Å². The number of hydrogen-bond acceptors (Lipinski definition) is 5. The topological polar surface area (TPSA) is 89.0 Å². The molecule has 0 radical (unpaired) electrons. The van der Waals surface area contributed by atoms with Gasteiger partial charge in [-0.3, -0.25) is 9.59 Å². The summed E-state index contributed by atoms with van der Waals surface area (Å²) in [6, 6.07) is 25.0. The van der Waals surface area contributed by atoms with Crippen molar-refractivity contribution in [3.05, 3.63) is 106 Å². The summed E-state index contributed by atoms with van der Waals surface area (Å²) in [6.45, 7) is 4.17. The summed E-state index contributed by atoms with van der Waals surface area (Å²) in [4.78, 5) is 26.4. The molecule has 0 heterocycles. The maximum absolute atomic E-state index is 13.3.